The average molecular weight is 604 g/mol. The maximum absolute atomic E-state index is 11.3. The summed E-state index contributed by atoms with van der Waals surface area (Å²) in [7, 11) is -4.66. The first kappa shape index (κ1) is 30.7. The Morgan fingerprint density at radius 3 is 2.61 bits per heavy atom. The molecule has 4 rings (SSSR count). The number of pyridine rings is 1. The second-order valence-electron chi connectivity index (χ2n) is 9.79. The monoisotopic (exact) mass is 603 g/mol. The van der Waals surface area contributed by atoms with Crippen LogP contribution in [0.15, 0.2) is 36.4 Å². The van der Waals surface area contributed by atoms with Crippen LogP contribution in [0.4, 0.5) is 5.82 Å². The van der Waals surface area contributed by atoms with Gasteiger partial charge in [0.25, 0.3) is 0 Å². The van der Waals surface area contributed by atoms with Crippen molar-refractivity contribution in [3.8, 4) is 5.75 Å². The highest BCUT2D eigenvalue weighted by atomic mass is 35.5. The van der Waals surface area contributed by atoms with Gasteiger partial charge in [-0.15, -0.1) is 11.6 Å². The van der Waals surface area contributed by atoms with Crippen molar-refractivity contribution < 1.29 is 28.4 Å². The lowest BCUT2D eigenvalue weighted by atomic mass is 10.1. The molecule has 0 aliphatic carbocycles. The van der Waals surface area contributed by atoms with Crippen LogP contribution in [0.3, 0.4) is 0 Å². The van der Waals surface area contributed by atoms with E-state index in [4.69, 9.17) is 31.6 Å². The molecular formula is C28H35ClN5O6P. The number of alkyl halides is 1. The molecule has 13 heteroatoms. The number of amides is 1. The molecule has 2 aromatic carbocycles. The number of aromatic nitrogens is 3. The number of aryl methyl sites for hydroxylation is 2. The van der Waals surface area contributed by atoms with Crippen molar-refractivity contribution in [2.24, 2.45) is 0 Å². The molecule has 0 aliphatic heterocycles. The van der Waals surface area contributed by atoms with Gasteiger partial charge in [0.05, 0.1) is 24.2 Å². The predicted molar refractivity (Wildman–Crippen MR) is 159 cm³/mol. The molecule has 0 radical (unpaired) electrons. The summed E-state index contributed by atoms with van der Waals surface area (Å²) in [4.78, 5) is 39.2. The summed E-state index contributed by atoms with van der Waals surface area (Å²) >= 11 is 5.48. The topological polar surface area (TPSA) is 162 Å². The number of carbonyl (C=O) groups excluding carboxylic acids is 1. The SMILES string of the molecule is CCCCc1nc2c(N)nc3ccc(CCOCCNC(=O)CCl)cc3c2n1Cc1ccc(OP(=O)(O)O)c(C)c1. The maximum atomic E-state index is 11.3. The van der Waals surface area contributed by atoms with Crippen molar-refractivity contribution in [2.45, 2.75) is 46.1 Å². The molecule has 4 aromatic rings. The van der Waals surface area contributed by atoms with E-state index in [0.717, 1.165) is 52.6 Å². The second-order valence-corrected chi connectivity index (χ2v) is 11.2. The molecule has 11 nitrogen and oxygen atoms in total. The number of nitrogen functional groups attached to an aromatic ring is 1. The van der Waals surface area contributed by atoms with Crippen molar-refractivity contribution in [1.29, 1.82) is 0 Å². The van der Waals surface area contributed by atoms with Crippen LogP contribution >= 0.6 is 19.4 Å². The number of phosphoric acid groups is 1. The fourth-order valence-electron chi connectivity index (χ4n) is 4.68. The van der Waals surface area contributed by atoms with Gasteiger partial charge < -0.3 is 24.9 Å². The zero-order valence-corrected chi connectivity index (χ0v) is 24.8. The standard InChI is InChI=1S/C28H35ClN5O6P/c1-3-4-5-24-33-26-27(34(24)17-20-7-9-23(18(2)14-20)40-41(36,37)38)21-15-19(6-8-22(21)32-28(26)30)10-12-39-13-11-31-25(35)16-29/h6-9,14-15H,3-5,10-13,16-17H2,1-2H3,(H2,30,32)(H,31,35)(H2,36,37,38). The smallest absolute Gasteiger partial charge is 0.404 e. The van der Waals surface area contributed by atoms with E-state index in [0.29, 0.717) is 49.6 Å². The normalized spacial score (nSPS) is 11.8. The maximum Gasteiger partial charge on any atom is 0.524 e. The fourth-order valence-corrected chi connectivity index (χ4v) is 5.24. The zero-order chi connectivity index (χ0) is 29.6. The quantitative estimate of drug-likeness (QED) is 0.0937. The van der Waals surface area contributed by atoms with Crippen LogP contribution < -0.4 is 15.6 Å². The number of fused-ring (bicyclic) bond motifs is 3. The van der Waals surface area contributed by atoms with Crippen molar-refractivity contribution in [3.05, 3.63) is 58.9 Å². The molecule has 0 atom stereocenters. The van der Waals surface area contributed by atoms with E-state index in [1.807, 2.05) is 18.2 Å². The molecule has 0 saturated heterocycles. The van der Waals surface area contributed by atoms with Gasteiger partial charge in [0.2, 0.25) is 5.91 Å². The summed E-state index contributed by atoms with van der Waals surface area (Å²) < 4.78 is 24.0. The molecule has 0 spiro atoms. The van der Waals surface area contributed by atoms with Crippen LogP contribution in [-0.4, -0.2) is 55.9 Å². The van der Waals surface area contributed by atoms with E-state index in [2.05, 4.69) is 27.9 Å². The Morgan fingerprint density at radius 2 is 1.90 bits per heavy atom. The van der Waals surface area contributed by atoms with Gasteiger partial charge in [-0.25, -0.2) is 14.5 Å². The molecule has 2 heterocycles. The number of halogens is 1. The van der Waals surface area contributed by atoms with E-state index in [1.165, 1.54) is 0 Å². The van der Waals surface area contributed by atoms with Crippen molar-refractivity contribution in [3.63, 3.8) is 0 Å². The van der Waals surface area contributed by atoms with Gasteiger partial charge in [0.15, 0.2) is 5.82 Å². The number of nitrogens with one attached hydrogen (secondary N) is 1. The van der Waals surface area contributed by atoms with Crippen LogP contribution in [0, 0.1) is 6.92 Å². The summed E-state index contributed by atoms with van der Waals surface area (Å²) in [5.41, 5.74) is 11.3. The third kappa shape index (κ3) is 7.96. The van der Waals surface area contributed by atoms with Gasteiger partial charge in [-0.2, -0.15) is 0 Å². The van der Waals surface area contributed by atoms with Crippen molar-refractivity contribution >= 4 is 53.1 Å². The number of hydrogen-bond donors (Lipinski definition) is 4. The Morgan fingerprint density at radius 1 is 1.12 bits per heavy atom. The number of hydrogen-bond acceptors (Lipinski definition) is 7. The highest BCUT2D eigenvalue weighted by Gasteiger charge is 2.20. The third-order valence-electron chi connectivity index (χ3n) is 6.62. The molecule has 0 bridgehead atoms. The van der Waals surface area contributed by atoms with Gasteiger partial charge in [0.1, 0.15) is 23.0 Å². The van der Waals surface area contributed by atoms with Gasteiger partial charge >= 0.3 is 7.82 Å². The van der Waals surface area contributed by atoms with Crippen molar-refractivity contribution in [1.82, 2.24) is 19.9 Å². The first-order valence-electron chi connectivity index (χ1n) is 13.4. The number of nitrogens with zero attached hydrogens (tertiary/aromatic N) is 3. The molecule has 0 aliphatic rings. The Labute approximate surface area is 243 Å². The average Bonchev–Trinajstić information content (AvgIpc) is 3.29. The predicted octanol–water partition coefficient (Wildman–Crippen LogP) is 4.25. The molecule has 1 amide bonds. The third-order valence-corrected chi connectivity index (χ3v) is 7.30. The summed E-state index contributed by atoms with van der Waals surface area (Å²) in [6.45, 7) is 5.63. The minimum atomic E-state index is -4.66. The number of rotatable bonds is 14. The molecule has 0 unspecified atom stereocenters. The van der Waals surface area contributed by atoms with Crippen molar-refractivity contribution in [2.75, 3.05) is 31.4 Å². The minimum absolute atomic E-state index is 0.0726. The Bertz CT molecular complexity index is 1590. The lowest BCUT2D eigenvalue weighted by molar-refractivity contribution is -0.118. The zero-order valence-electron chi connectivity index (χ0n) is 23.1. The van der Waals surface area contributed by atoms with Crippen LogP contribution in [0.1, 0.15) is 42.3 Å². The first-order chi connectivity index (χ1) is 19.6. The Balaban J connectivity index is 1.66. The Kier molecular flexibility index (Phi) is 10.2. The van der Waals surface area contributed by atoms with Crippen LogP contribution in [0.25, 0.3) is 21.9 Å². The van der Waals surface area contributed by atoms with E-state index in [1.54, 1.807) is 19.1 Å². The summed E-state index contributed by atoms with van der Waals surface area (Å²) in [6, 6.07) is 11.3. The number of imidazole rings is 1. The lowest BCUT2D eigenvalue weighted by Crippen LogP contribution is -2.28. The molecule has 0 fully saturated rings. The first-order valence-corrected chi connectivity index (χ1v) is 15.5. The molecule has 41 heavy (non-hydrogen) atoms. The largest absolute Gasteiger partial charge is 0.524 e. The number of benzene rings is 2. The number of ether oxygens (including phenoxy) is 1. The summed E-state index contributed by atoms with van der Waals surface area (Å²) in [5.74, 6) is 1.09. The lowest BCUT2D eigenvalue weighted by Gasteiger charge is -2.14. The Hall–Kier alpha value is -3.21. The van der Waals surface area contributed by atoms with Crippen LogP contribution in [0.5, 0.6) is 5.75 Å². The number of anilines is 1. The van der Waals surface area contributed by atoms with Gasteiger partial charge in [-0.05, 0) is 54.7 Å². The molecule has 2 aromatic heterocycles. The van der Waals surface area contributed by atoms with Gasteiger partial charge in [-0.1, -0.05) is 31.5 Å². The van der Waals surface area contributed by atoms with Gasteiger partial charge in [-0.3, -0.25) is 14.6 Å². The molecular weight excluding hydrogens is 569 g/mol. The van der Waals surface area contributed by atoms with Gasteiger partial charge in [0, 0.05) is 24.9 Å². The summed E-state index contributed by atoms with van der Waals surface area (Å²) in [5, 5.41) is 3.60. The van der Waals surface area contributed by atoms with E-state index in [9.17, 15) is 19.1 Å². The highest BCUT2D eigenvalue weighted by molar-refractivity contribution is 7.46. The second kappa shape index (κ2) is 13.6. The number of unbranched alkanes of at least 4 members (excludes halogenated alkanes) is 1. The van der Waals surface area contributed by atoms with Crippen LogP contribution in [0.2, 0.25) is 0 Å². The number of phosphoric ester groups is 1. The van der Waals surface area contributed by atoms with Crippen LogP contribution in [-0.2, 0) is 33.5 Å². The summed E-state index contributed by atoms with van der Waals surface area (Å²) in [6.07, 6.45) is 3.39. The molecule has 5 N–H and O–H groups in total. The number of carbonyl (C=O) groups is 1. The fraction of sp³-hybridized carbons (Fsp3) is 0.393. The molecule has 0 saturated carbocycles. The van der Waals surface area contributed by atoms with E-state index < -0.39 is 7.82 Å². The molecule has 220 valence electrons. The minimum Gasteiger partial charge on any atom is -0.404 e. The number of nitrogens with two attached hydrogens (primary N) is 1. The van der Waals surface area contributed by atoms with E-state index >= 15 is 0 Å². The van der Waals surface area contributed by atoms with E-state index in [-0.39, 0.29) is 17.5 Å². The highest BCUT2D eigenvalue weighted by Crippen LogP contribution is 2.39.